The van der Waals surface area contributed by atoms with E-state index in [1.165, 1.54) is 36.3 Å². The summed E-state index contributed by atoms with van der Waals surface area (Å²) in [6.45, 7) is 1.29. The molecule has 34 heavy (non-hydrogen) atoms. The number of para-hydroxylation sites is 1. The zero-order chi connectivity index (χ0) is 26.9. The van der Waals surface area contributed by atoms with Gasteiger partial charge in [0.25, 0.3) is 5.91 Å². The van der Waals surface area contributed by atoms with Gasteiger partial charge in [-0.2, -0.15) is 13.2 Å². The first kappa shape index (κ1) is 23.7. The highest BCUT2D eigenvalue weighted by molar-refractivity contribution is 5.94. The first-order valence-corrected chi connectivity index (χ1v) is 10.8. The fourth-order valence-corrected chi connectivity index (χ4v) is 2.94. The number of benzene rings is 2. The molecule has 0 saturated heterocycles. The van der Waals surface area contributed by atoms with Crippen molar-refractivity contribution in [2.75, 3.05) is 6.61 Å². The maximum absolute atomic E-state index is 13.3. The average Bonchev–Trinajstić information content (AvgIpc) is 2.79. The Hall–Kier alpha value is -3.47. The van der Waals surface area contributed by atoms with Gasteiger partial charge in [-0.1, -0.05) is 24.1 Å². The largest absolute Gasteiger partial charge is 0.493 e. The molecule has 0 heterocycles. The highest BCUT2D eigenvalue weighted by Gasteiger charge is 2.23. The van der Waals surface area contributed by atoms with Crippen LogP contribution in [-0.4, -0.2) is 40.7 Å². The van der Waals surface area contributed by atoms with Crippen LogP contribution in [0.4, 0.5) is 13.2 Å². The number of unbranched alkanes of at least 4 members (excludes halogenated alkanes) is 2. The molecule has 5 nitrogen and oxygen atoms in total. The molecule has 1 N–H and O–H groups in total. The molecule has 0 spiro atoms. The molecular weight excluding hydrogens is 447 g/mol. The molecular formula is C26H28F3NO4. The number of hydrogen-bond acceptors (Lipinski definition) is 3. The summed E-state index contributed by atoms with van der Waals surface area (Å²) < 4.78 is 60.4. The lowest BCUT2D eigenvalue weighted by molar-refractivity contribution is -0.137. The molecule has 0 radical (unpaired) electrons. The van der Waals surface area contributed by atoms with Crippen LogP contribution in [0.25, 0.3) is 0 Å². The van der Waals surface area contributed by atoms with E-state index < -0.39 is 30.6 Å². The molecule has 2 aromatic carbocycles. The van der Waals surface area contributed by atoms with E-state index in [2.05, 4.69) is 0 Å². The predicted octanol–water partition coefficient (Wildman–Crippen LogP) is 5.68. The molecule has 0 atom stereocenters. The normalized spacial score (nSPS) is 12.3. The van der Waals surface area contributed by atoms with Crippen molar-refractivity contribution in [3.63, 3.8) is 0 Å². The summed E-state index contributed by atoms with van der Waals surface area (Å²) in [6.07, 6.45) is -2.83. The predicted molar refractivity (Wildman–Crippen MR) is 122 cm³/mol. The Balaban J connectivity index is 2.23. The summed E-state index contributed by atoms with van der Waals surface area (Å²) in [6, 6.07) is 11.1. The summed E-state index contributed by atoms with van der Waals surface area (Å²) in [5.41, 5.74) is 0.317. The number of carbonyl (C=O) groups is 2. The zero-order valence-electron chi connectivity index (χ0n) is 21.0. The fraction of sp³-hybridized carbons (Fsp3) is 0.385. The van der Waals surface area contributed by atoms with Crippen LogP contribution in [-0.2, 0) is 11.3 Å². The summed E-state index contributed by atoms with van der Waals surface area (Å²) in [7, 11) is 0. The molecule has 0 aliphatic rings. The first-order chi connectivity index (χ1) is 16.8. The maximum atomic E-state index is 13.3. The van der Waals surface area contributed by atoms with Crippen LogP contribution < -0.4 is 4.74 Å². The average molecular weight is 478 g/mol. The molecule has 2 aromatic rings. The fourth-order valence-electron chi connectivity index (χ4n) is 2.94. The Morgan fingerprint density at radius 1 is 1.09 bits per heavy atom. The van der Waals surface area contributed by atoms with E-state index in [9.17, 15) is 22.8 Å². The van der Waals surface area contributed by atoms with Crippen molar-refractivity contribution in [3.05, 3.63) is 65.2 Å². The first-order valence-electron chi connectivity index (χ1n) is 11.8. The standard InChI is InChI=1S/C26H28F3NO4/c1-19(2)30(25(33)21-13-11-20(12-14-21)15-16-26(27,28)29)18-22-8-5-6-9-23(22)34-17-7-3-4-10-24(31)32/h5-6,8-9,11-14,19H,3-4,7,10,17-18H2,1-2H3,(H,31,32)/i18D2. The smallest absolute Gasteiger partial charge is 0.458 e. The minimum Gasteiger partial charge on any atom is -0.493 e. The molecule has 0 aliphatic heterocycles. The third-order valence-corrected chi connectivity index (χ3v) is 4.64. The monoisotopic (exact) mass is 477 g/mol. The Morgan fingerprint density at radius 2 is 1.76 bits per heavy atom. The number of amides is 1. The van der Waals surface area contributed by atoms with E-state index in [4.69, 9.17) is 12.6 Å². The molecule has 1 amide bonds. The molecule has 0 unspecified atom stereocenters. The number of hydrogen-bond donors (Lipinski definition) is 1. The number of ether oxygens (including phenoxy) is 1. The summed E-state index contributed by atoms with van der Waals surface area (Å²) in [4.78, 5) is 25.0. The van der Waals surface area contributed by atoms with Crippen molar-refractivity contribution in [3.8, 4) is 17.6 Å². The van der Waals surface area contributed by atoms with Crippen molar-refractivity contribution >= 4 is 11.9 Å². The van der Waals surface area contributed by atoms with Crippen LogP contribution in [0, 0.1) is 11.8 Å². The molecule has 0 saturated carbocycles. The Kier molecular flexibility index (Phi) is 8.83. The quantitative estimate of drug-likeness (QED) is 0.334. The third kappa shape index (κ3) is 9.18. The molecule has 8 heteroatoms. The van der Waals surface area contributed by atoms with Crippen LogP contribution in [0.3, 0.4) is 0 Å². The Morgan fingerprint density at radius 3 is 2.38 bits per heavy atom. The maximum Gasteiger partial charge on any atom is 0.458 e. The van der Waals surface area contributed by atoms with Gasteiger partial charge >= 0.3 is 12.1 Å². The van der Waals surface area contributed by atoms with E-state index in [-0.39, 0.29) is 35.5 Å². The number of carbonyl (C=O) groups excluding carboxylic acids is 1. The second-order valence-corrected chi connectivity index (χ2v) is 7.75. The third-order valence-electron chi connectivity index (χ3n) is 4.64. The lowest BCUT2D eigenvalue weighted by Crippen LogP contribution is -2.36. The van der Waals surface area contributed by atoms with E-state index in [0.29, 0.717) is 19.3 Å². The van der Waals surface area contributed by atoms with Gasteiger partial charge in [0.2, 0.25) is 0 Å². The van der Waals surface area contributed by atoms with Gasteiger partial charge in [0.1, 0.15) is 5.75 Å². The number of halogens is 3. The minimum atomic E-state index is -4.63. The van der Waals surface area contributed by atoms with Gasteiger partial charge in [0.05, 0.1) is 9.35 Å². The lowest BCUT2D eigenvalue weighted by Gasteiger charge is -2.28. The van der Waals surface area contributed by atoms with Gasteiger partial charge < -0.3 is 14.7 Å². The number of carboxylic acid groups (broad SMARTS) is 1. The number of nitrogens with zero attached hydrogens (tertiary/aromatic N) is 1. The molecule has 0 bridgehead atoms. The summed E-state index contributed by atoms with van der Waals surface area (Å²) in [5.74, 6) is 1.90. The van der Waals surface area contributed by atoms with E-state index in [1.807, 2.05) is 5.92 Å². The highest BCUT2D eigenvalue weighted by atomic mass is 19.4. The van der Waals surface area contributed by atoms with Crippen LogP contribution in [0.2, 0.25) is 0 Å². The van der Waals surface area contributed by atoms with E-state index in [1.54, 1.807) is 32.0 Å². The minimum absolute atomic E-state index is 0.0699. The number of rotatable bonds is 11. The van der Waals surface area contributed by atoms with Crippen LogP contribution in [0.15, 0.2) is 48.5 Å². The number of aliphatic carboxylic acids is 1. The van der Waals surface area contributed by atoms with Crippen molar-refractivity contribution in [2.24, 2.45) is 0 Å². The molecule has 2 rings (SSSR count). The Bertz CT molecular complexity index is 1110. The van der Waals surface area contributed by atoms with Crippen LogP contribution in [0.1, 0.15) is 63.8 Å². The Labute approximate surface area is 200 Å². The molecule has 182 valence electrons. The van der Waals surface area contributed by atoms with Gasteiger partial charge in [0, 0.05) is 41.6 Å². The second-order valence-electron chi connectivity index (χ2n) is 7.75. The van der Waals surface area contributed by atoms with Gasteiger partial charge in [0.15, 0.2) is 0 Å². The van der Waals surface area contributed by atoms with Gasteiger partial charge in [-0.3, -0.25) is 9.59 Å². The van der Waals surface area contributed by atoms with Crippen LogP contribution >= 0.6 is 0 Å². The lowest BCUT2D eigenvalue weighted by atomic mass is 10.1. The van der Waals surface area contributed by atoms with Crippen molar-refractivity contribution in [1.82, 2.24) is 4.90 Å². The van der Waals surface area contributed by atoms with E-state index in [0.717, 1.165) is 4.90 Å². The number of alkyl halides is 3. The summed E-state index contributed by atoms with van der Waals surface area (Å²) >= 11 is 0. The summed E-state index contributed by atoms with van der Waals surface area (Å²) in [5, 5.41) is 8.71. The topological polar surface area (TPSA) is 66.8 Å². The van der Waals surface area contributed by atoms with Crippen LogP contribution in [0.5, 0.6) is 5.75 Å². The molecule has 0 aliphatic carbocycles. The van der Waals surface area contributed by atoms with Gasteiger partial charge in [-0.25, -0.2) is 0 Å². The van der Waals surface area contributed by atoms with Gasteiger partial charge in [-0.05, 0) is 63.4 Å². The molecule has 0 fully saturated rings. The van der Waals surface area contributed by atoms with E-state index >= 15 is 0 Å². The number of carboxylic acids is 1. The zero-order valence-corrected chi connectivity index (χ0v) is 19.0. The van der Waals surface area contributed by atoms with Crippen molar-refractivity contribution in [2.45, 2.75) is 58.2 Å². The second kappa shape index (κ2) is 12.7. The SMILES string of the molecule is [2H]C([2H])(c1ccccc1OCCCCCC(=O)O)N(C(=O)c1ccc(C#CC(F)(F)F)cc1)C(C)C. The van der Waals surface area contributed by atoms with Crippen molar-refractivity contribution in [1.29, 1.82) is 0 Å². The van der Waals surface area contributed by atoms with Gasteiger partial charge in [-0.15, -0.1) is 0 Å². The highest BCUT2D eigenvalue weighted by Crippen LogP contribution is 2.23. The molecule has 0 aromatic heterocycles. The van der Waals surface area contributed by atoms with Crippen molar-refractivity contribution < 1.29 is 35.3 Å².